The van der Waals surface area contributed by atoms with Crippen LogP contribution < -0.4 is 5.73 Å². The number of rotatable bonds is 3. The Balaban J connectivity index is 2.57. The zero-order valence-corrected chi connectivity index (χ0v) is 11.8. The van der Waals surface area contributed by atoms with Gasteiger partial charge in [-0.25, -0.2) is 4.68 Å². The summed E-state index contributed by atoms with van der Waals surface area (Å²) in [7, 11) is 0. The number of nitrogens with zero attached hydrogens (tertiary/aromatic N) is 2. The van der Waals surface area contributed by atoms with Crippen LogP contribution in [0, 0.1) is 20.8 Å². The number of nitrogens with two attached hydrogens (primary N) is 1. The SMILES string of the molecule is Cc1ccc(Cl)cc1-n1nc(C)c(CCN)c1C. The number of hydrogen-bond acceptors (Lipinski definition) is 2. The summed E-state index contributed by atoms with van der Waals surface area (Å²) in [4.78, 5) is 0. The first-order chi connectivity index (χ1) is 8.54. The average Bonchev–Trinajstić information content (AvgIpc) is 2.61. The van der Waals surface area contributed by atoms with Crippen LogP contribution in [0.15, 0.2) is 18.2 Å². The Morgan fingerprint density at radius 1 is 1.28 bits per heavy atom. The maximum atomic E-state index is 6.07. The second-order valence-electron chi connectivity index (χ2n) is 4.53. The molecule has 4 heteroatoms. The minimum atomic E-state index is 0.641. The molecule has 0 spiro atoms. The van der Waals surface area contributed by atoms with Crippen LogP contribution in [0.4, 0.5) is 0 Å². The highest BCUT2D eigenvalue weighted by atomic mass is 35.5. The van der Waals surface area contributed by atoms with E-state index in [2.05, 4.69) is 18.9 Å². The van der Waals surface area contributed by atoms with E-state index in [-0.39, 0.29) is 0 Å². The van der Waals surface area contributed by atoms with E-state index in [1.807, 2.05) is 29.8 Å². The fourth-order valence-corrected chi connectivity index (χ4v) is 2.39. The fourth-order valence-electron chi connectivity index (χ4n) is 2.23. The standard InChI is InChI=1S/C14H18ClN3/c1-9-4-5-12(15)8-14(9)18-11(3)13(6-7-16)10(2)17-18/h4-5,8H,6-7,16H2,1-3H3. The van der Waals surface area contributed by atoms with E-state index < -0.39 is 0 Å². The minimum Gasteiger partial charge on any atom is -0.330 e. The van der Waals surface area contributed by atoms with E-state index in [1.165, 1.54) is 5.56 Å². The Morgan fingerprint density at radius 3 is 2.67 bits per heavy atom. The smallest absolute Gasteiger partial charge is 0.0692 e. The van der Waals surface area contributed by atoms with Crippen molar-refractivity contribution < 1.29 is 0 Å². The van der Waals surface area contributed by atoms with E-state index >= 15 is 0 Å². The molecule has 0 bridgehead atoms. The highest BCUT2D eigenvalue weighted by molar-refractivity contribution is 6.30. The Morgan fingerprint density at radius 2 is 2.00 bits per heavy atom. The second kappa shape index (κ2) is 5.12. The molecular weight excluding hydrogens is 246 g/mol. The molecule has 0 amide bonds. The van der Waals surface area contributed by atoms with Crippen LogP contribution in [0.2, 0.25) is 5.02 Å². The van der Waals surface area contributed by atoms with E-state index in [9.17, 15) is 0 Å². The van der Waals surface area contributed by atoms with Crippen LogP contribution in [-0.4, -0.2) is 16.3 Å². The van der Waals surface area contributed by atoms with Crippen LogP contribution in [0.5, 0.6) is 0 Å². The van der Waals surface area contributed by atoms with Gasteiger partial charge < -0.3 is 5.73 Å². The van der Waals surface area contributed by atoms with Gasteiger partial charge in [0.15, 0.2) is 0 Å². The molecule has 18 heavy (non-hydrogen) atoms. The van der Waals surface area contributed by atoms with Gasteiger partial charge in [0, 0.05) is 10.7 Å². The summed E-state index contributed by atoms with van der Waals surface area (Å²) in [5.41, 5.74) is 11.2. The molecule has 1 aromatic heterocycles. The van der Waals surface area contributed by atoms with Crippen LogP contribution in [0.1, 0.15) is 22.5 Å². The predicted molar refractivity (Wildman–Crippen MR) is 75.5 cm³/mol. The van der Waals surface area contributed by atoms with Gasteiger partial charge in [-0.15, -0.1) is 0 Å². The van der Waals surface area contributed by atoms with Gasteiger partial charge in [-0.1, -0.05) is 17.7 Å². The zero-order chi connectivity index (χ0) is 13.3. The number of halogens is 1. The first kappa shape index (κ1) is 13.1. The molecule has 0 aliphatic heterocycles. The molecule has 96 valence electrons. The maximum Gasteiger partial charge on any atom is 0.0692 e. The molecule has 0 atom stereocenters. The third-order valence-corrected chi connectivity index (χ3v) is 3.47. The molecule has 0 radical (unpaired) electrons. The lowest BCUT2D eigenvalue weighted by Gasteiger charge is -2.09. The van der Waals surface area contributed by atoms with E-state index in [0.29, 0.717) is 6.54 Å². The summed E-state index contributed by atoms with van der Waals surface area (Å²) >= 11 is 6.07. The fraction of sp³-hybridized carbons (Fsp3) is 0.357. The molecule has 3 nitrogen and oxygen atoms in total. The van der Waals surface area contributed by atoms with Crippen LogP contribution >= 0.6 is 11.6 Å². The van der Waals surface area contributed by atoms with Gasteiger partial charge in [0.05, 0.1) is 11.4 Å². The van der Waals surface area contributed by atoms with Gasteiger partial charge in [0.1, 0.15) is 0 Å². The third-order valence-electron chi connectivity index (χ3n) is 3.23. The summed E-state index contributed by atoms with van der Waals surface area (Å²) in [6.07, 6.45) is 0.858. The highest BCUT2D eigenvalue weighted by Gasteiger charge is 2.13. The quantitative estimate of drug-likeness (QED) is 0.925. The van der Waals surface area contributed by atoms with Crippen molar-refractivity contribution in [2.45, 2.75) is 27.2 Å². The Kier molecular flexibility index (Phi) is 3.73. The molecule has 0 saturated heterocycles. The second-order valence-corrected chi connectivity index (χ2v) is 4.97. The first-order valence-corrected chi connectivity index (χ1v) is 6.44. The van der Waals surface area contributed by atoms with Gasteiger partial charge in [0.25, 0.3) is 0 Å². The van der Waals surface area contributed by atoms with E-state index in [1.54, 1.807) is 0 Å². The predicted octanol–water partition coefficient (Wildman–Crippen LogP) is 2.95. The topological polar surface area (TPSA) is 43.8 Å². The van der Waals surface area contributed by atoms with Crippen molar-refractivity contribution in [1.29, 1.82) is 0 Å². The molecule has 1 aromatic carbocycles. The molecule has 0 saturated carbocycles. The summed E-state index contributed by atoms with van der Waals surface area (Å²) in [6, 6.07) is 5.85. The number of aromatic nitrogens is 2. The molecule has 0 unspecified atom stereocenters. The van der Waals surface area contributed by atoms with Crippen molar-refractivity contribution >= 4 is 11.6 Å². The minimum absolute atomic E-state index is 0.641. The molecule has 1 heterocycles. The third kappa shape index (κ3) is 2.28. The summed E-state index contributed by atoms with van der Waals surface area (Å²) in [5, 5.41) is 5.33. The van der Waals surface area contributed by atoms with Gasteiger partial charge in [-0.2, -0.15) is 5.10 Å². The molecule has 2 N–H and O–H groups in total. The van der Waals surface area contributed by atoms with Crippen molar-refractivity contribution in [3.8, 4) is 5.69 Å². The summed E-state index contributed by atoms with van der Waals surface area (Å²) in [5.74, 6) is 0. The highest BCUT2D eigenvalue weighted by Crippen LogP contribution is 2.23. The van der Waals surface area contributed by atoms with Crippen LogP contribution in [-0.2, 0) is 6.42 Å². The number of benzene rings is 1. The van der Waals surface area contributed by atoms with E-state index in [0.717, 1.165) is 34.1 Å². The molecule has 0 aliphatic carbocycles. The Bertz CT molecular complexity index is 573. The van der Waals surface area contributed by atoms with E-state index in [4.69, 9.17) is 17.3 Å². The first-order valence-electron chi connectivity index (χ1n) is 6.06. The van der Waals surface area contributed by atoms with Gasteiger partial charge in [0.2, 0.25) is 0 Å². The molecular formula is C14H18ClN3. The average molecular weight is 264 g/mol. The lowest BCUT2D eigenvalue weighted by Crippen LogP contribution is -2.05. The van der Waals surface area contributed by atoms with Crippen molar-refractivity contribution in [3.63, 3.8) is 0 Å². The van der Waals surface area contributed by atoms with Gasteiger partial charge in [-0.05, 0) is 57.0 Å². The summed E-state index contributed by atoms with van der Waals surface area (Å²) in [6.45, 7) is 6.80. The normalized spacial score (nSPS) is 10.9. The summed E-state index contributed by atoms with van der Waals surface area (Å²) < 4.78 is 1.96. The van der Waals surface area contributed by atoms with Crippen LogP contribution in [0.25, 0.3) is 5.69 Å². The van der Waals surface area contributed by atoms with Gasteiger partial charge >= 0.3 is 0 Å². The van der Waals surface area contributed by atoms with Crippen molar-refractivity contribution in [3.05, 3.63) is 45.7 Å². The number of aryl methyl sites for hydroxylation is 2. The molecule has 2 aromatic rings. The largest absolute Gasteiger partial charge is 0.330 e. The van der Waals surface area contributed by atoms with Gasteiger partial charge in [-0.3, -0.25) is 0 Å². The lowest BCUT2D eigenvalue weighted by molar-refractivity contribution is 0.826. The zero-order valence-electron chi connectivity index (χ0n) is 11.0. The maximum absolute atomic E-state index is 6.07. The van der Waals surface area contributed by atoms with Crippen molar-refractivity contribution in [2.24, 2.45) is 5.73 Å². The monoisotopic (exact) mass is 263 g/mol. The Hall–Kier alpha value is -1.32. The van der Waals surface area contributed by atoms with Crippen molar-refractivity contribution in [1.82, 2.24) is 9.78 Å². The number of hydrogen-bond donors (Lipinski definition) is 1. The molecule has 0 fully saturated rings. The van der Waals surface area contributed by atoms with Crippen molar-refractivity contribution in [2.75, 3.05) is 6.54 Å². The lowest BCUT2D eigenvalue weighted by atomic mass is 10.1. The molecule has 2 rings (SSSR count). The van der Waals surface area contributed by atoms with Crippen LogP contribution in [0.3, 0.4) is 0 Å². The Labute approximate surface area is 113 Å². The molecule has 0 aliphatic rings.